The van der Waals surface area contributed by atoms with Crippen molar-refractivity contribution < 1.29 is 4.79 Å². The number of fused-ring (bicyclic) bond motifs is 1. The van der Waals surface area contributed by atoms with Crippen molar-refractivity contribution in [2.24, 2.45) is 0 Å². The van der Waals surface area contributed by atoms with Gasteiger partial charge < -0.3 is 5.32 Å². The van der Waals surface area contributed by atoms with Crippen LogP contribution in [0.15, 0.2) is 48.8 Å². The predicted molar refractivity (Wildman–Crippen MR) is 85.6 cm³/mol. The molecule has 0 aliphatic rings. The molecular weight excluding hydrogens is 290 g/mol. The molecule has 2 heterocycles. The molecule has 0 bridgehead atoms. The number of benzene rings is 1. The van der Waals surface area contributed by atoms with Crippen LogP contribution in [0, 0.1) is 11.3 Å². The molecule has 2 aromatic heterocycles. The Morgan fingerprint density at radius 3 is 2.87 bits per heavy atom. The number of rotatable bonds is 4. The summed E-state index contributed by atoms with van der Waals surface area (Å²) in [5.41, 5.74) is 2.74. The monoisotopic (exact) mass is 305 g/mol. The highest BCUT2D eigenvalue weighted by atomic mass is 16.1. The maximum absolute atomic E-state index is 12.3. The lowest BCUT2D eigenvalue weighted by Gasteiger charge is -2.09. The summed E-state index contributed by atoms with van der Waals surface area (Å²) in [4.78, 5) is 16.6. The van der Waals surface area contributed by atoms with Crippen molar-refractivity contribution in [1.82, 2.24) is 19.9 Å². The van der Waals surface area contributed by atoms with Crippen molar-refractivity contribution in [2.75, 3.05) is 0 Å². The number of nitrogens with one attached hydrogen (secondary N) is 1. The van der Waals surface area contributed by atoms with Gasteiger partial charge in [-0.2, -0.15) is 10.4 Å². The molecule has 1 amide bonds. The van der Waals surface area contributed by atoms with Gasteiger partial charge in [0.05, 0.1) is 24.4 Å². The molecule has 1 aromatic carbocycles. The topological polar surface area (TPSA) is 83.1 Å². The van der Waals surface area contributed by atoms with E-state index in [1.165, 1.54) is 6.20 Å². The van der Waals surface area contributed by atoms with Gasteiger partial charge in [0.15, 0.2) is 5.65 Å². The van der Waals surface area contributed by atoms with Crippen molar-refractivity contribution in [3.63, 3.8) is 0 Å². The lowest BCUT2D eigenvalue weighted by Crippen LogP contribution is -2.32. The molecule has 0 unspecified atom stereocenters. The molecule has 3 rings (SSSR count). The van der Waals surface area contributed by atoms with Crippen LogP contribution < -0.4 is 5.32 Å². The number of aromatic nitrogens is 3. The number of nitrogens with zero attached hydrogens (tertiary/aromatic N) is 4. The quantitative estimate of drug-likeness (QED) is 0.802. The average molecular weight is 305 g/mol. The highest BCUT2D eigenvalue weighted by Gasteiger charge is 2.17. The Morgan fingerprint density at radius 2 is 2.13 bits per heavy atom. The van der Waals surface area contributed by atoms with Crippen molar-refractivity contribution in [3.05, 3.63) is 54.4 Å². The minimum absolute atomic E-state index is 0.222. The second-order valence-electron chi connectivity index (χ2n) is 5.23. The third kappa shape index (κ3) is 2.90. The highest BCUT2D eigenvalue weighted by molar-refractivity contribution is 6.00. The summed E-state index contributed by atoms with van der Waals surface area (Å²) in [5.74, 6) is -0.277. The van der Waals surface area contributed by atoms with E-state index in [0.29, 0.717) is 11.2 Å². The zero-order chi connectivity index (χ0) is 16.2. The number of carbonyl (C=O) groups is 1. The van der Waals surface area contributed by atoms with Gasteiger partial charge in [-0.15, -0.1) is 0 Å². The van der Waals surface area contributed by atoms with Gasteiger partial charge in [-0.25, -0.2) is 9.50 Å². The van der Waals surface area contributed by atoms with Gasteiger partial charge in [0.1, 0.15) is 5.56 Å². The Kier molecular flexibility index (Phi) is 4.02. The molecule has 23 heavy (non-hydrogen) atoms. The van der Waals surface area contributed by atoms with Crippen LogP contribution in [-0.4, -0.2) is 26.5 Å². The minimum atomic E-state index is -0.277. The lowest BCUT2D eigenvalue weighted by molar-refractivity contribution is 0.0942. The highest BCUT2D eigenvalue weighted by Crippen LogP contribution is 2.20. The summed E-state index contributed by atoms with van der Waals surface area (Å²) >= 11 is 0. The van der Waals surface area contributed by atoms with E-state index in [1.54, 1.807) is 17.6 Å². The second-order valence-corrected chi connectivity index (χ2v) is 5.23. The molecule has 0 radical (unpaired) electrons. The average Bonchev–Trinajstić information content (AvgIpc) is 3.00. The van der Waals surface area contributed by atoms with E-state index in [4.69, 9.17) is 5.26 Å². The Hall–Kier alpha value is -3.20. The molecule has 0 fully saturated rings. The summed E-state index contributed by atoms with van der Waals surface area (Å²) < 4.78 is 1.65. The summed E-state index contributed by atoms with van der Waals surface area (Å²) in [7, 11) is 0. The summed E-state index contributed by atoms with van der Waals surface area (Å²) in [6.07, 6.45) is 3.42. The van der Waals surface area contributed by atoms with Crippen LogP contribution in [0.25, 0.3) is 16.9 Å². The van der Waals surface area contributed by atoms with Gasteiger partial charge in [0, 0.05) is 17.8 Å². The minimum Gasteiger partial charge on any atom is -0.348 e. The number of hydrogen-bond acceptors (Lipinski definition) is 4. The molecule has 0 saturated heterocycles. The summed E-state index contributed by atoms with van der Waals surface area (Å²) in [5, 5.41) is 15.8. The third-order valence-corrected chi connectivity index (χ3v) is 3.49. The molecule has 0 saturated carbocycles. The molecule has 0 aliphatic carbocycles. The smallest absolute Gasteiger partial charge is 0.257 e. The fraction of sp³-hybridized carbons (Fsp3) is 0.176. The van der Waals surface area contributed by atoms with Crippen LogP contribution in [0.4, 0.5) is 0 Å². The Morgan fingerprint density at radius 1 is 1.35 bits per heavy atom. The first-order valence-corrected chi connectivity index (χ1v) is 7.26. The van der Waals surface area contributed by atoms with Gasteiger partial charge in [0.25, 0.3) is 5.91 Å². The zero-order valence-electron chi connectivity index (χ0n) is 12.6. The SMILES string of the molecule is C[C@H](CC#N)NC(=O)c1cnn2c(-c3ccccc3)ccnc12. The van der Waals surface area contributed by atoms with E-state index >= 15 is 0 Å². The van der Waals surface area contributed by atoms with Crippen molar-refractivity contribution in [3.8, 4) is 17.3 Å². The van der Waals surface area contributed by atoms with E-state index in [2.05, 4.69) is 15.4 Å². The van der Waals surface area contributed by atoms with Crippen LogP contribution >= 0.6 is 0 Å². The predicted octanol–water partition coefficient (Wildman–Crippen LogP) is 2.43. The molecule has 114 valence electrons. The maximum Gasteiger partial charge on any atom is 0.257 e. The fourth-order valence-corrected chi connectivity index (χ4v) is 2.37. The molecular formula is C17H15N5O. The molecule has 3 aromatic rings. The molecule has 6 nitrogen and oxygen atoms in total. The number of carbonyl (C=O) groups excluding carboxylic acids is 1. The molecule has 6 heteroatoms. The van der Waals surface area contributed by atoms with Gasteiger partial charge in [-0.05, 0) is 13.0 Å². The van der Waals surface area contributed by atoms with Crippen LogP contribution in [-0.2, 0) is 0 Å². The zero-order valence-corrected chi connectivity index (χ0v) is 12.6. The first kappa shape index (κ1) is 14.7. The third-order valence-electron chi connectivity index (χ3n) is 3.49. The first-order valence-electron chi connectivity index (χ1n) is 7.26. The standard InChI is InChI=1S/C17H15N5O/c1-12(7-9-18)21-17(23)14-11-20-22-15(8-10-19-16(14)22)13-5-3-2-4-6-13/h2-6,8,10-12H,7H2,1H3,(H,21,23)/t12-/m1/s1. The van der Waals surface area contributed by atoms with Crippen LogP contribution in [0.2, 0.25) is 0 Å². The lowest BCUT2D eigenvalue weighted by atomic mass is 10.1. The number of nitriles is 1. The molecule has 1 atom stereocenters. The van der Waals surface area contributed by atoms with Crippen LogP contribution in [0.3, 0.4) is 0 Å². The van der Waals surface area contributed by atoms with Crippen molar-refractivity contribution in [2.45, 2.75) is 19.4 Å². The van der Waals surface area contributed by atoms with E-state index in [1.807, 2.05) is 42.5 Å². The van der Waals surface area contributed by atoms with E-state index in [-0.39, 0.29) is 18.4 Å². The Labute approximate surface area is 133 Å². The Balaban J connectivity index is 1.99. The first-order chi connectivity index (χ1) is 11.2. The molecule has 1 N–H and O–H groups in total. The Bertz CT molecular complexity index is 879. The van der Waals surface area contributed by atoms with Crippen molar-refractivity contribution in [1.29, 1.82) is 5.26 Å². The van der Waals surface area contributed by atoms with Gasteiger partial charge in [-0.1, -0.05) is 30.3 Å². The van der Waals surface area contributed by atoms with Gasteiger partial charge in [-0.3, -0.25) is 4.79 Å². The molecule has 0 aliphatic heterocycles. The fourth-order valence-electron chi connectivity index (χ4n) is 2.37. The largest absolute Gasteiger partial charge is 0.348 e. The maximum atomic E-state index is 12.3. The van der Waals surface area contributed by atoms with Gasteiger partial charge >= 0.3 is 0 Å². The van der Waals surface area contributed by atoms with Crippen LogP contribution in [0.5, 0.6) is 0 Å². The van der Waals surface area contributed by atoms with Crippen molar-refractivity contribution >= 4 is 11.6 Å². The van der Waals surface area contributed by atoms with E-state index in [0.717, 1.165) is 11.3 Å². The van der Waals surface area contributed by atoms with E-state index in [9.17, 15) is 4.79 Å². The normalized spacial score (nSPS) is 11.8. The van der Waals surface area contributed by atoms with Gasteiger partial charge in [0.2, 0.25) is 0 Å². The van der Waals surface area contributed by atoms with E-state index < -0.39 is 0 Å². The second kappa shape index (κ2) is 6.28. The summed E-state index contributed by atoms with van der Waals surface area (Å²) in [6.45, 7) is 1.79. The van der Waals surface area contributed by atoms with Crippen LogP contribution in [0.1, 0.15) is 23.7 Å². The molecule has 0 spiro atoms. The number of hydrogen-bond donors (Lipinski definition) is 1. The summed E-state index contributed by atoms with van der Waals surface area (Å²) in [6, 6.07) is 13.5. The number of amides is 1.